The second kappa shape index (κ2) is 5.60. The fourth-order valence-electron chi connectivity index (χ4n) is 2.64. The molecule has 1 aliphatic heterocycles. The summed E-state index contributed by atoms with van der Waals surface area (Å²) < 4.78 is 2.91. The minimum absolute atomic E-state index is 0.107. The number of amides is 1. The number of hydrogen-bond acceptors (Lipinski definition) is 3. The van der Waals surface area contributed by atoms with Crippen LogP contribution in [0.3, 0.4) is 0 Å². The minimum Gasteiger partial charge on any atom is -0.342 e. The van der Waals surface area contributed by atoms with E-state index >= 15 is 0 Å². The quantitative estimate of drug-likeness (QED) is 0.927. The van der Waals surface area contributed by atoms with Gasteiger partial charge in [-0.25, -0.2) is 0 Å². The van der Waals surface area contributed by atoms with Crippen LogP contribution in [0, 0.1) is 6.92 Å². The molecule has 1 N–H and O–H groups in total. The Morgan fingerprint density at radius 1 is 1.43 bits per heavy atom. The van der Waals surface area contributed by atoms with Crippen molar-refractivity contribution in [3.8, 4) is 0 Å². The monoisotopic (exact) mass is 348 g/mol. The van der Waals surface area contributed by atoms with Crippen molar-refractivity contribution < 1.29 is 4.79 Å². The third-order valence-corrected chi connectivity index (χ3v) is 4.40. The summed E-state index contributed by atoms with van der Waals surface area (Å²) in [6.07, 6.45) is 2.07. The fourth-order valence-corrected chi connectivity index (χ4v) is 3.31. The van der Waals surface area contributed by atoms with E-state index < -0.39 is 0 Å². The second-order valence-electron chi connectivity index (χ2n) is 5.41. The molecule has 6 heteroatoms. The van der Waals surface area contributed by atoms with Gasteiger partial charge in [-0.05, 0) is 53.9 Å². The van der Waals surface area contributed by atoms with Gasteiger partial charge in [-0.3, -0.25) is 4.79 Å². The molecule has 1 amide bonds. The van der Waals surface area contributed by atoms with Gasteiger partial charge in [0.15, 0.2) is 5.82 Å². The molecule has 1 aliphatic rings. The molecule has 0 spiro atoms. The maximum atomic E-state index is 12.4. The Hall–Kier alpha value is -1.69. The van der Waals surface area contributed by atoms with Crippen LogP contribution in [0.5, 0.6) is 0 Å². The lowest BCUT2D eigenvalue weighted by Crippen LogP contribution is -2.29. The number of aryl methyl sites for hydroxylation is 2. The Bertz CT molecular complexity index is 695. The average molecular weight is 349 g/mol. The summed E-state index contributed by atoms with van der Waals surface area (Å²) in [4.78, 5) is 12.4. The number of halogens is 1. The van der Waals surface area contributed by atoms with E-state index in [0.29, 0.717) is 5.56 Å². The zero-order valence-corrected chi connectivity index (χ0v) is 13.6. The van der Waals surface area contributed by atoms with E-state index in [1.165, 1.54) is 0 Å². The van der Waals surface area contributed by atoms with Gasteiger partial charge in [-0.15, -0.1) is 10.2 Å². The van der Waals surface area contributed by atoms with Crippen LogP contribution in [-0.2, 0) is 13.0 Å². The molecule has 5 nitrogen and oxygen atoms in total. The summed E-state index contributed by atoms with van der Waals surface area (Å²) in [5, 5.41) is 11.4. The number of carbonyl (C=O) groups is 1. The summed E-state index contributed by atoms with van der Waals surface area (Å²) >= 11 is 3.44. The molecule has 110 valence electrons. The van der Waals surface area contributed by atoms with Gasteiger partial charge in [0.05, 0.1) is 11.6 Å². The van der Waals surface area contributed by atoms with E-state index in [0.717, 1.165) is 41.1 Å². The molecule has 0 radical (unpaired) electrons. The molecule has 2 aromatic rings. The maximum absolute atomic E-state index is 12.4. The van der Waals surface area contributed by atoms with E-state index in [9.17, 15) is 4.79 Å². The lowest BCUT2D eigenvalue weighted by Gasteiger charge is -2.14. The molecule has 0 saturated heterocycles. The molecule has 0 saturated carbocycles. The fraction of sp³-hybridized carbons (Fsp3) is 0.400. The van der Waals surface area contributed by atoms with Gasteiger partial charge in [0.25, 0.3) is 5.91 Å². The number of nitrogens with one attached hydrogen (secondary N) is 1. The summed E-state index contributed by atoms with van der Waals surface area (Å²) in [5.41, 5.74) is 1.75. The predicted molar refractivity (Wildman–Crippen MR) is 83.1 cm³/mol. The van der Waals surface area contributed by atoms with E-state index in [-0.39, 0.29) is 11.9 Å². The number of benzene rings is 1. The Morgan fingerprint density at radius 3 is 3.00 bits per heavy atom. The van der Waals surface area contributed by atoms with Crippen LogP contribution in [0.25, 0.3) is 0 Å². The van der Waals surface area contributed by atoms with Crippen LogP contribution in [0.2, 0.25) is 0 Å². The topological polar surface area (TPSA) is 59.8 Å². The van der Waals surface area contributed by atoms with Gasteiger partial charge in [0.1, 0.15) is 5.82 Å². The lowest BCUT2D eigenvalue weighted by molar-refractivity contribution is 0.0937. The van der Waals surface area contributed by atoms with Crippen LogP contribution in [0.1, 0.15) is 47.0 Å². The highest BCUT2D eigenvalue weighted by Crippen LogP contribution is 2.21. The van der Waals surface area contributed by atoms with Crippen LogP contribution >= 0.6 is 15.9 Å². The minimum atomic E-state index is -0.162. The van der Waals surface area contributed by atoms with Crippen molar-refractivity contribution in [1.29, 1.82) is 0 Å². The Labute approximate surface area is 131 Å². The molecule has 21 heavy (non-hydrogen) atoms. The third kappa shape index (κ3) is 2.72. The molecule has 1 atom stereocenters. The number of nitrogens with zero attached hydrogens (tertiary/aromatic N) is 3. The number of rotatable bonds is 3. The first-order valence-corrected chi connectivity index (χ1v) is 7.84. The highest BCUT2D eigenvalue weighted by Gasteiger charge is 2.23. The van der Waals surface area contributed by atoms with Gasteiger partial charge in [-0.2, -0.15) is 0 Å². The molecular formula is C15H17BrN4O. The van der Waals surface area contributed by atoms with Crippen molar-refractivity contribution in [3.63, 3.8) is 0 Å². The Kier molecular flexibility index (Phi) is 3.80. The zero-order chi connectivity index (χ0) is 15.0. The molecule has 0 fully saturated rings. The number of carbonyl (C=O) groups excluding carboxylic acids is 1. The molecule has 0 aliphatic carbocycles. The van der Waals surface area contributed by atoms with E-state index in [1.54, 1.807) is 0 Å². The highest BCUT2D eigenvalue weighted by atomic mass is 79.9. The van der Waals surface area contributed by atoms with Crippen LogP contribution in [-0.4, -0.2) is 20.7 Å². The van der Waals surface area contributed by atoms with Crippen molar-refractivity contribution in [2.75, 3.05) is 0 Å². The second-order valence-corrected chi connectivity index (χ2v) is 6.26. The lowest BCUT2D eigenvalue weighted by atomic mass is 10.1. The first-order chi connectivity index (χ1) is 10.1. The van der Waals surface area contributed by atoms with Gasteiger partial charge in [0, 0.05) is 17.4 Å². The Morgan fingerprint density at radius 2 is 2.24 bits per heavy atom. The molecule has 3 rings (SSSR count). The number of aromatic nitrogens is 3. The third-order valence-electron chi connectivity index (χ3n) is 3.74. The summed E-state index contributed by atoms with van der Waals surface area (Å²) in [5.74, 6) is 1.74. The maximum Gasteiger partial charge on any atom is 0.253 e. The van der Waals surface area contributed by atoms with Crippen LogP contribution < -0.4 is 5.32 Å². The summed E-state index contributed by atoms with van der Waals surface area (Å²) in [6.45, 7) is 4.87. The van der Waals surface area contributed by atoms with Crippen molar-refractivity contribution in [1.82, 2.24) is 20.1 Å². The van der Waals surface area contributed by atoms with Crippen molar-refractivity contribution in [2.24, 2.45) is 0 Å². The van der Waals surface area contributed by atoms with E-state index in [2.05, 4.69) is 36.0 Å². The summed E-state index contributed by atoms with van der Waals surface area (Å²) in [7, 11) is 0. The molecule has 0 bridgehead atoms. The average Bonchev–Trinajstić information content (AvgIpc) is 3.00. The number of fused-ring (bicyclic) bond motifs is 1. The Balaban J connectivity index is 1.77. The van der Waals surface area contributed by atoms with E-state index in [4.69, 9.17) is 0 Å². The first-order valence-electron chi connectivity index (χ1n) is 7.05. The summed E-state index contributed by atoms with van der Waals surface area (Å²) in [6, 6.07) is 5.54. The van der Waals surface area contributed by atoms with Crippen molar-refractivity contribution in [3.05, 3.63) is 45.4 Å². The standard InChI is InChI=1S/C15H17BrN4O/c1-9-5-6-11(12(16)8-9)15(21)17-10(2)14-19-18-13-4-3-7-20(13)14/h5-6,8,10H,3-4,7H2,1-2H3,(H,17,21). The van der Waals surface area contributed by atoms with E-state index in [1.807, 2.05) is 32.0 Å². The SMILES string of the molecule is Cc1ccc(C(=O)NC(C)c2nnc3n2CCC3)c(Br)c1. The van der Waals surface area contributed by atoms with Gasteiger partial charge in [-0.1, -0.05) is 6.07 Å². The van der Waals surface area contributed by atoms with Crippen LogP contribution in [0.4, 0.5) is 0 Å². The van der Waals surface area contributed by atoms with Crippen LogP contribution in [0.15, 0.2) is 22.7 Å². The highest BCUT2D eigenvalue weighted by molar-refractivity contribution is 9.10. The predicted octanol–water partition coefficient (Wildman–Crippen LogP) is 2.79. The van der Waals surface area contributed by atoms with Gasteiger partial charge < -0.3 is 9.88 Å². The van der Waals surface area contributed by atoms with Crippen molar-refractivity contribution in [2.45, 2.75) is 39.3 Å². The molecule has 1 aromatic heterocycles. The zero-order valence-electron chi connectivity index (χ0n) is 12.1. The first kappa shape index (κ1) is 14.3. The molecule has 1 unspecified atom stereocenters. The molecule has 2 heterocycles. The van der Waals surface area contributed by atoms with Crippen molar-refractivity contribution >= 4 is 21.8 Å². The normalized spacial score (nSPS) is 14.8. The largest absolute Gasteiger partial charge is 0.342 e. The smallest absolute Gasteiger partial charge is 0.253 e. The number of hydrogen-bond donors (Lipinski definition) is 1. The molecular weight excluding hydrogens is 332 g/mol. The van der Waals surface area contributed by atoms with Gasteiger partial charge >= 0.3 is 0 Å². The molecule has 1 aromatic carbocycles. The van der Waals surface area contributed by atoms with Gasteiger partial charge in [0.2, 0.25) is 0 Å².